The molecule has 0 spiro atoms. The molecule has 0 atom stereocenters. The summed E-state index contributed by atoms with van der Waals surface area (Å²) < 4.78 is 0. The van der Waals surface area contributed by atoms with Crippen molar-refractivity contribution in [1.29, 1.82) is 0 Å². The third-order valence-corrected chi connectivity index (χ3v) is 5.81. The van der Waals surface area contributed by atoms with Gasteiger partial charge in [0.15, 0.2) is 0 Å². The number of fused-ring (bicyclic) bond motifs is 1. The maximum Gasteiger partial charge on any atom is 0.316 e. The molecule has 0 fully saturated rings. The normalized spacial score (nSPS) is 10.7. The van der Waals surface area contributed by atoms with Crippen LogP contribution in [0.2, 0.25) is 0 Å². The molecule has 3 amide bonds. The Kier molecular flexibility index (Phi) is 5.38. The summed E-state index contributed by atoms with van der Waals surface area (Å²) in [5, 5.41) is 7.12. The van der Waals surface area contributed by atoms with Crippen LogP contribution in [-0.2, 0) is 4.79 Å². The van der Waals surface area contributed by atoms with Gasteiger partial charge in [0.25, 0.3) is 0 Å². The summed E-state index contributed by atoms with van der Waals surface area (Å²) in [5.41, 5.74) is 7.42. The highest BCUT2D eigenvalue weighted by atomic mass is 32.2. The average Bonchev–Trinajstić information content (AvgIpc) is 2.89. The zero-order valence-electron chi connectivity index (χ0n) is 14.2. The Balaban J connectivity index is 1.63. The summed E-state index contributed by atoms with van der Waals surface area (Å²) in [6, 6.07) is 6.10. The monoisotopic (exact) mass is 387 g/mol. The number of anilines is 2. The lowest BCUT2D eigenvalue weighted by molar-refractivity contribution is -0.113. The van der Waals surface area contributed by atoms with E-state index in [0.29, 0.717) is 11.4 Å². The van der Waals surface area contributed by atoms with Crippen molar-refractivity contribution in [3.8, 4) is 0 Å². The van der Waals surface area contributed by atoms with Crippen molar-refractivity contribution in [3.05, 3.63) is 41.0 Å². The first-order chi connectivity index (χ1) is 12.4. The van der Waals surface area contributed by atoms with E-state index < -0.39 is 6.03 Å². The van der Waals surface area contributed by atoms with E-state index in [4.69, 9.17) is 5.73 Å². The molecule has 1 aromatic carbocycles. The average molecular weight is 387 g/mol. The van der Waals surface area contributed by atoms with Crippen molar-refractivity contribution in [2.45, 2.75) is 18.9 Å². The second kappa shape index (κ2) is 7.71. The van der Waals surface area contributed by atoms with Crippen LogP contribution in [0.4, 0.5) is 16.2 Å². The molecule has 7 nitrogen and oxygen atoms in total. The first kappa shape index (κ1) is 18.2. The van der Waals surface area contributed by atoms with Crippen molar-refractivity contribution in [2.75, 3.05) is 16.4 Å². The maximum absolute atomic E-state index is 12.2. The third kappa shape index (κ3) is 4.12. The van der Waals surface area contributed by atoms with Gasteiger partial charge in [-0.2, -0.15) is 0 Å². The lowest BCUT2D eigenvalue weighted by atomic mass is 10.2. The van der Waals surface area contributed by atoms with E-state index in [9.17, 15) is 9.59 Å². The number of primary amides is 1. The molecule has 2 heterocycles. The highest BCUT2D eigenvalue weighted by Crippen LogP contribution is 2.34. The number of benzene rings is 1. The Hall–Kier alpha value is -2.65. The predicted molar refractivity (Wildman–Crippen MR) is 106 cm³/mol. The number of thioether (sulfide) groups is 1. The Morgan fingerprint density at radius 2 is 1.77 bits per heavy atom. The molecule has 9 heteroatoms. The molecule has 134 valence electrons. The van der Waals surface area contributed by atoms with Crippen molar-refractivity contribution in [2.24, 2.45) is 5.73 Å². The molecule has 0 unspecified atom stereocenters. The number of aryl methyl sites for hydroxylation is 2. The van der Waals surface area contributed by atoms with Crippen LogP contribution in [0, 0.1) is 13.8 Å². The zero-order valence-corrected chi connectivity index (χ0v) is 15.8. The summed E-state index contributed by atoms with van der Waals surface area (Å²) in [4.78, 5) is 33.8. The van der Waals surface area contributed by atoms with Gasteiger partial charge in [0, 0.05) is 21.6 Å². The summed E-state index contributed by atoms with van der Waals surface area (Å²) in [5.74, 6) is 0.101. The molecular weight excluding hydrogens is 370 g/mol. The van der Waals surface area contributed by atoms with E-state index in [1.807, 2.05) is 6.92 Å². The lowest BCUT2D eigenvalue weighted by Gasteiger charge is -2.07. The smallest absolute Gasteiger partial charge is 0.316 e. The number of amides is 3. The van der Waals surface area contributed by atoms with Crippen molar-refractivity contribution in [3.63, 3.8) is 0 Å². The Morgan fingerprint density at radius 1 is 1.12 bits per heavy atom. The SMILES string of the molecule is Cc1sc2ncnc(SCC(=O)Nc3ccc(NC(N)=O)cc3)c2c1C. The van der Waals surface area contributed by atoms with Crippen LogP contribution >= 0.6 is 23.1 Å². The summed E-state index contributed by atoms with van der Waals surface area (Å²) in [6.07, 6.45) is 1.53. The predicted octanol–water partition coefficient (Wildman–Crippen LogP) is 3.53. The minimum absolute atomic E-state index is 0.137. The number of carbonyl (C=O) groups is 2. The standard InChI is InChI=1S/C17H17N5O2S2/c1-9-10(2)26-16-14(9)15(19-8-20-16)25-7-13(23)21-11-3-5-12(6-4-11)22-17(18)24/h3-6,8H,7H2,1-2H3,(H,21,23)(H3,18,22,24). The number of aromatic nitrogens is 2. The van der Waals surface area contributed by atoms with Gasteiger partial charge in [0.05, 0.1) is 5.75 Å². The van der Waals surface area contributed by atoms with Gasteiger partial charge >= 0.3 is 6.03 Å². The van der Waals surface area contributed by atoms with Crippen LogP contribution in [0.25, 0.3) is 10.2 Å². The van der Waals surface area contributed by atoms with Crippen LogP contribution in [0.1, 0.15) is 10.4 Å². The Bertz CT molecular complexity index is 969. The minimum atomic E-state index is -0.631. The number of hydrogen-bond acceptors (Lipinski definition) is 6. The molecule has 26 heavy (non-hydrogen) atoms. The van der Waals surface area contributed by atoms with Gasteiger partial charge in [-0.3, -0.25) is 4.79 Å². The third-order valence-electron chi connectivity index (χ3n) is 3.71. The number of thiophene rings is 1. The van der Waals surface area contributed by atoms with Crippen LogP contribution in [-0.4, -0.2) is 27.7 Å². The number of urea groups is 1. The number of carbonyl (C=O) groups excluding carboxylic acids is 2. The molecule has 0 aliphatic carbocycles. The first-order valence-corrected chi connectivity index (χ1v) is 9.54. The van der Waals surface area contributed by atoms with Crippen LogP contribution in [0.15, 0.2) is 35.6 Å². The molecule has 0 aliphatic rings. The van der Waals surface area contributed by atoms with Crippen molar-refractivity contribution in [1.82, 2.24) is 9.97 Å². The molecular formula is C17H17N5O2S2. The highest BCUT2D eigenvalue weighted by Gasteiger charge is 2.13. The van der Waals surface area contributed by atoms with E-state index >= 15 is 0 Å². The fourth-order valence-corrected chi connectivity index (χ4v) is 4.29. The number of nitrogens with two attached hydrogens (primary N) is 1. The van der Waals surface area contributed by atoms with E-state index in [0.717, 1.165) is 20.8 Å². The second-order valence-electron chi connectivity index (χ2n) is 5.55. The lowest BCUT2D eigenvalue weighted by Crippen LogP contribution is -2.19. The van der Waals surface area contributed by atoms with Gasteiger partial charge < -0.3 is 16.4 Å². The molecule has 0 bridgehead atoms. The molecule has 0 saturated heterocycles. The highest BCUT2D eigenvalue weighted by molar-refractivity contribution is 8.00. The van der Waals surface area contributed by atoms with Gasteiger partial charge in [0.2, 0.25) is 5.91 Å². The first-order valence-electron chi connectivity index (χ1n) is 7.74. The topological polar surface area (TPSA) is 110 Å². The molecule has 4 N–H and O–H groups in total. The minimum Gasteiger partial charge on any atom is -0.351 e. The fraction of sp³-hybridized carbons (Fsp3) is 0.176. The molecule has 0 radical (unpaired) electrons. The van der Waals surface area contributed by atoms with E-state index in [1.165, 1.54) is 23.0 Å². The zero-order chi connectivity index (χ0) is 18.7. The largest absolute Gasteiger partial charge is 0.351 e. The van der Waals surface area contributed by atoms with E-state index in [2.05, 4.69) is 27.5 Å². The van der Waals surface area contributed by atoms with E-state index in [1.54, 1.807) is 35.6 Å². The number of nitrogens with zero attached hydrogens (tertiary/aromatic N) is 2. The molecule has 3 aromatic rings. The molecule has 3 rings (SSSR count). The van der Waals surface area contributed by atoms with Gasteiger partial charge in [-0.1, -0.05) is 11.8 Å². The number of rotatable bonds is 5. The van der Waals surface area contributed by atoms with Crippen molar-refractivity contribution < 1.29 is 9.59 Å². The fourth-order valence-electron chi connectivity index (χ4n) is 2.37. The number of hydrogen-bond donors (Lipinski definition) is 3. The van der Waals surface area contributed by atoms with Gasteiger partial charge in [-0.15, -0.1) is 11.3 Å². The summed E-state index contributed by atoms with van der Waals surface area (Å²) in [7, 11) is 0. The van der Waals surface area contributed by atoms with Crippen LogP contribution in [0.3, 0.4) is 0 Å². The number of nitrogens with one attached hydrogen (secondary N) is 2. The Labute approximate surface area is 158 Å². The van der Waals surface area contributed by atoms with E-state index in [-0.39, 0.29) is 11.7 Å². The Morgan fingerprint density at radius 3 is 2.42 bits per heavy atom. The van der Waals surface area contributed by atoms with Gasteiger partial charge in [0.1, 0.15) is 16.2 Å². The van der Waals surface area contributed by atoms with Gasteiger partial charge in [-0.05, 0) is 43.7 Å². The second-order valence-corrected chi connectivity index (χ2v) is 7.71. The summed E-state index contributed by atoms with van der Waals surface area (Å²) in [6.45, 7) is 4.10. The molecule has 0 aliphatic heterocycles. The summed E-state index contributed by atoms with van der Waals surface area (Å²) >= 11 is 3.02. The molecule has 2 aromatic heterocycles. The maximum atomic E-state index is 12.2. The van der Waals surface area contributed by atoms with Crippen molar-refractivity contribution >= 4 is 56.6 Å². The van der Waals surface area contributed by atoms with Crippen LogP contribution < -0.4 is 16.4 Å². The van der Waals surface area contributed by atoms with Gasteiger partial charge in [-0.25, -0.2) is 14.8 Å². The molecule has 0 saturated carbocycles. The quantitative estimate of drug-likeness (QED) is 0.458. The van der Waals surface area contributed by atoms with Crippen LogP contribution in [0.5, 0.6) is 0 Å².